The Morgan fingerprint density at radius 2 is 2.29 bits per heavy atom. The molecule has 1 aliphatic heterocycles. The SMILES string of the molecule is CN(CC1CCNCC1)C(c1cccnc1)c1ncno1. The lowest BCUT2D eigenvalue weighted by molar-refractivity contribution is 0.179. The Hall–Kier alpha value is -1.79. The van der Waals surface area contributed by atoms with E-state index in [-0.39, 0.29) is 6.04 Å². The molecule has 1 fully saturated rings. The van der Waals surface area contributed by atoms with Crippen molar-refractivity contribution < 1.29 is 4.52 Å². The summed E-state index contributed by atoms with van der Waals surface area (Å²) in [5.41, 5.74) is 1.08. The van der Waals surface area contributed by atoms with Gasteiger partial charge in [0.05, 0.1) is 0 Å². The molecule has 1 atom stereocenters. The highest BCUT2D eigenvalue weighted by molar-refractivity contribution is 5.19. The summed E-state index contributed by atoms with van der Waals surface area (Å²) in [5, 5.41) is 7.16. The van der Waals surface area contributed by atoms with Gasteiger partial charge in [0.1, 0.15) is 6.04 Å². The van der Waals surface area contributed by atoms with Crippen LogP contribution in [0.2, 0.25) is 0 Å². The summed E-state index contributed by atoms with van der Waals surface area (Å²) >= 11 is 0. The van der Waals surface area contributed by atoms with Crippen LogP contribution in [0.15, 0.2) is 35.4 Å². The maximum atomic E-state index is 5.32. The second kappa shape index (κ2) is 6.78. The fraction of sp³-hybridized carbons (Fsp3) is 0.533. The Morgan fingerprint density at radius 3 is 2.95 bits per heavy atom. The molecule has 1 unspecified atom stereocenters. The first kappa shape index (κ1) is 14.2. The molecule has 6 heteroatoms. The number of pyridine rings is 1. The average Bonchev–Trinajstić information content (AvgIpc) is 3.03. The molecule has 0 amide bonds. The van der Waals surface area contributed by atoms with E-state index in [4.69, 9.17) is 4.52 Å². The summed E-state index contributed by atoms with van der Waals surface area (Å²) in [6.07, 6.45) is 7.54. The number of nitrogens with zero attached hydrogens (tertiary/aromatic N) is 4. The van der Waals surface area contributed by atoms with Crippen molar-refractivity contribution in [1.82, 2.24) is 25.3 Å². The molecular weight excluding hydrogens is 266 g/mol. The third-order valence-electron chi connectivity index (χ3n) is 4.06. The molecule has 21 heavy (non-hydrogen) atoms. The van der Waals surface area contributed by atoms with Crippen LogP contribution in [0.1, 0.15) is 30.3 Å². The first-order chi connectivity index (χ1) is 10.3. The van der Waals surface area contributed by atoms with Gasteiger partial charge in [0.25, 0.3) is 0 Å². The normalized spacial score (nSPS) is 18.0. The van der Waals surface area contributed by atoms with E-state index in [1.807, 2.05) is 12.3 Å². The van der Waals surface area contributed by atoms with Crippen LogP contribution in [0.5, 0.6) is 0 Å². The number of rotatable bonds is 5. The summed E-state index contributed by atoms with van der Waals surface area (Å²) in [6.45, 7) is 3.23. The van der Waals surface area contributed by atoms with Crippen LogP contribution in [0.25, 0.3) is 0 Å². The molecule has 0 radical (unpaired) electrons. The lowest BCUT2D eigenvalue weighted by Crippen LogP contribution is -2.36. The minimum atomic E-state index is -0.0314. The smallest absolute Gasteiger partial charge is 0.248 e. The van der Waals surface area contributed by atoms with E-state index < -0.39 is 0 Å². The summed E-state index contributed by atoms with van der Waals surface area (Å²) < 4.78 is 5.32. The molecule has 0 aliphatic carbocycles. The molecule has 0 saturated carbocycles. The Labute approximate surface area is 124 Å². The van der Waals surface area contributed by atoms with Crippen molar-refractivity contribution in [2.45, 2.75) is 18.9 Å². The van der Waals surface area contributed by atoms with Crippen LogP contribution in [0.4, 0.5) is 0 Å². The van der Waals surface area contributed by atoms with Gasteiger partial charge in [-0.3, -0.25) is 9.88 Å². The van der Waals surface area contributed by atoms with Gasteiger partial charge in [-0.2, -0.15) is 4.98 Å². The quantitative estimate of drug-likeness (QED) is 0.898. The zero-order valence-electron chi connectivity index (χ0n) is 12.3. The fourth-order valence-corrected chi connectivity index (χ4v) is 3.00. The number of aromatic nitrogens is 3. The average molecular weight is 287 g/mol. The molecule has 2 aromatic rings. The summed E-state index contributed by atoms with van der Waals surface area (Å²) in [6, 6.07) is 3.97. The lowest BCUT2D eigenvalue weighted by atomic mass is 9.96. The van der Waals surface area contributed by atoms with Crippen LogP contribution >= 0.6 is 0 Å². The Morgan fingerprint density at radius 1 is 1.43 bits per heavy atom. The van der Waals surface area contributed by atoms with Crippen molar-refractivity contribution in [1.29, 1.82) is 0 Å². The monoisotopic (exact) mass is 287 g/mol. The predicted molar refractivity (Wildman–Crippen MR) is 78.6 cm³/mol. The van der Waals surface area contributed by atoms with Crippen LogP contribution in [-0.4, -0.2) is 46.7 Å². The van der Waals surface area contributed by atoms with E-state index in [1.54, 1.807) is 6.20 Å². The summed E-state index contributed by atoms with van der Waals surface area (Å²) in [7, 11) is 2.11. The molecule has 1 aliphatic rings. The van der Waals surface area contributed by atoms with Crippen molar-refractivity contribution in [3.63, 3.8) is 0 Å². The van der Waals surface area contributed by atoms with Crippen molar-refractivity contribution >= 4 is 0 Å². The standard InChI is InChI=1S/C15H21N5O/c1-20(10-12-4-7-16-8-5-12)14(15-18-11-19-21-15)13-3-2-6-17-9-13/h2-3,6,9,11-12,14,16H,4-5,7-8,10H2,1H3. The van der Waals surface area contributed by atoms with Gasteiger partial charge < -0.3 is 9.84 Å². The second-order valence-corrected chi connectivity index (χ2v) is 5.60. The Kier molecular flexibility index (Phi) is 4.57. The molecule has 1 saturated heterocycles. The van der Waals surface area contributed by atoms with Gasteiger partial charge in [0, 0.05) is 18.9 Å². The van der Waals surface area contributed by atoms with Gasteiger partial charge in [-0.25, -0.2) is 0 Å². The van der Waals surface area contributed by atoms with E-state index in [2.05, 4.69) is 38.5 Å². The van der Waals surface area contributed by atoms with Crippen LogP contribution < -0.4 is 5.32 Å². The number of nitrogens with one attached hydrogen (secondary N) is 1. The van der Waals surface area contributed by atoms with Gasteiger partial charge in [-0.05, 0) is 50.5 Å². The van der Waals surface area contributed by atoms with Gasteiger partial charge >= 0.3 is 0 Å². The lowest BCUT2D eigenvalue weighted by Gasteiger charge is -2.31. The van der Waals surface area contributed by atoms with Gasteiger partial charge in [-0.1, -0.05) is 11.2 Å². The molecule has 3 heterocycles. The number of hydrogen-bond donors (Lipinski definition) is 1. The molecule has 6 nitrogen and oxygen atoms in total. The molecule has 3 rings (SSSR count). The van der Waals surface area contributed by atoms with E-state index in [9.17, 15) is 0 Å². The minimum Gasteiger partial charge on any atom is -0.338 e. The minimum absolute atomic E-state index is 0.0314. The Bertz CT molecular complexity index is 524. The van der Waals surface area contributed by atoms with E-state index in [1.165, 1.54) is 19.2 Å². The molecule has 0 aromatic carbocycles. The highest BCUT2D eigenvalue weighted by Crippen LogP contribution is 2.27. The molecule has 0 bridgehead atoms. The van der Waals surface area contributed by atoms with E-state index in [0.717, 1.165) is 25.2 Å². The molecule has 1 N–H and O–H groups in total. The van der Waals surface area contributed by atoms with Crippen molar-refractivity contribution in [2.24, 2.45) is 5.92 Å². The summed E-state index contributed by atoms with van der Waals surface area (Å²) in [4.78, 5) is 10.8. The maximum absolute atomic E-state index is 5.32. The first-order valence-corrected chi connectivity index (χ1v) is 7.42. The Balaban J connectivity index is 1.78. The first-order valence-electron chi connectivity index (χ1n) is 7.42. The topological polar surface area (TPSA) is 67.1 Å². The van der Waals surface area contributed by atoms with Gasteiger partial charge in [0.2, 0.25) is 5.89 Å². The third kappa shape index (κ3) is 3.46. The molecule has 2 aromatic heterocycles. The van der Waals surface area contributed by atoms with Crippen molar-refractivity contribution in [2.75, 3.05) is 26.7 Å². The van der Waals surface area contributed by atoms with Crippen LogP contribution in [0.3, 0.4) is 0 Å². The second-order valence-electron chi connectivity index (χ2n) is 5.60. The third-order valence-corrected chi connectivity index (χ3v) is 4.06. The molecule has 0 spiro atoms. The highest BCUT2D eigenvalue weighted by atomic mass is 16.5. The van der Waals surface area contributed by atoms with Crippen LogP contribution in [-0.2, 0) is 0 Å². The number of hydrogen-bond acceptors (Lipinski definition) is 6. The van der Waals surface area contributed by atoms with Gasteiger partial charge in [0.15, 0.2) is 6.33 Å². The van der Waals surface area contributed by atoms with E-state index >= 15 is 0 Å². The van der Waals surface area contributed by atoms with Crippen molar-refractivity contribution in [3.05, 3.63) is 42.3 Å². The number of piperidine rings is 1. The van der Waals surface area contributed by atoms with E-state index in [0.29, 0.717) is 11.8 Å². The largest absolute Gasteiger partial charge is 0.338 e. The predicted octanol–water partition coefficient (Wildman–Crippen LogP) is 1.49. The highest BCUT2D eigenvalue weighted by Gasteiger charge is 2.27. The van der Waals surface area contributed by atoms with Gasteiger partial charge in [-0.15, -0.1) is 0 Å². The zero-order valence-corrected chi connectivity index (χ0v) is 12.3. The summed E-state index contributed by atoms with van der Waals surface area (Å²) in [5.74, 6) is 1.33. The zero-order chi connectivity index (χ0) is 14.5. The van der Waals surface area contributed by atoms with Crippen LogP contribution in [0, 0.1) is 5.92 Å². The fourth-order valence-electron chi connectivity index (χ4n) is 3.00. The van der Waals surface area contributed by atoms with Crippen molar-refractivity contribution in [3.8, 4) is 0 Å². The molecule has 112 valence electrons. The molecular formula is C15H21N5O. The maximum Gasteiger partial charge on any atom is 0.248 e.